The minimum Gasteiger partial charge on any atom is -0.490 e. The van der Waals surface area contributed by atoms with E-state index in [1.54, 1.807) is 12.4 Å². The van der Waals surface area contributed by atoms with Crippen molar-refractivity contribution in [2.75, 3.05) is 13.2 Å². The summed E-state index contributed by atoms with van der Waals surface area (Å²) < 4.78 is 12.3. The van der Waals surface area contributed by atoms with Gasteiger partial charge in [0, 0.05) is 28.0 Å². The molecular weight excluding hydrogens is 422 g/mol. The predicted octanol–water partition coefficient (Wildman–Crippen LogP) is 4.14. The first kappa shape index (κ1) is 19.7. The third kappa shape index (κ3) is 6.28. The van der Waals surface area contributed by atoms with Gasteiger partial charge in [0.2, 0.25) is 0 Å². The Hall–Kier alpha value is -3.06. The molecule has 1 aromatic heterocycles. The first-order valence-electron chi connectivity index (χ1n) is 8.66. The monoisotopic (exact) mass is 441 g/mol. The van der Waals surface area contributed by atoms with Crippen LogP contribution in [0.2, 0.25) is 0 Å². The number of hydrogen-bond donors (Lipinski definition) is 1. The molecule has 0 fully saturated rings. The van der Waals surface area contributed by atoms with Gasteiger partial charge >= 0.3 is 0 Å². The van der Waals surface area contributed by atoms with E-state index in [9.17, 15) is 0 Å². The molecule has 3 rings (SSSR count). The lowest BCUT2D eigenvalue weighted by molar-refractivity contribution is 0.107. The lowest BCUT2D eigenvalue weighted by Gasteiger charge is -2.08. The fourth-order valence-corrected chi connectivity index (χ4v) is 2.70. The van der Waals surface area contributed by atoms with E-state index in [-0.39, 0.29) is 12.4 Å². The summed E-state index contributed by atoms with van der Waals surface area (Å²) in [5.41, 5.74) is 7.71. The van der Waals surface area contributed by atoms with Gasteiger partial charge in [0.15, 0.2) is 12.4 Å². The molecule has 144 valence electrons. The molecule has 6 nitrogen and oxygen atoms in total. The average Bonchev–Trinajstić information content (AvgIpc) is 2.73. The Kier molecular flexibility index (Phi) is 7.26. The zero-order valence-electron chi connectivity index (χ0n) is 15.1. The van der Waals surface area contributed by atoms with Gasteiger partial charge in [-0.3, -0.25) is 4.98 Å². The maximum absolute atomic E-state index is 6.00. The first-order valence-corrected chi connectivity index (χ1v) is 9.46. The van der Waals surface area contributed by atoms with Crippen molar-refractivity contribution in [2.45, 2.75) is 6.61 Å². The van der Waals surface area contributed by atoms with Gasteiger partial charge in [0.25, 0.3) is 0 Å². The van der Waals surface area contributed by atoms with Gasteiger partial charge < -0.3 is 20.0 Å². The van der Waals surface area contributed by atoms with E-state index in [0.717, 1.165) is 21.3 Å². The Morgan fingerprint density at radius 3 is 2.57 bits per heavy atom. The second-order valence-corrected chi connectivity index (χ2v) is 6.71. The largest absolute Gasteiger partial charge is 0.490 e. The predicted molar refractivity (Wildman–Crippen MR) is 111 cm³/mol. The van der Waals surface area contributed by atoms with E-state index in [0.29, 0.717) is 19.0 Å². The zero-order chi connectivity index (χ0) is 19.6. The maximum Gasteiger partial charge on any atom is 0.170 e. The summed E-state index contributed by atoms with van der Waals surface area (Å²) in [4.78, 5) is 9.32. The molecule has 0 radical (unpaired) electrons. The molecule has 2 aromatic carbocycles. The molecule has 2 N–H and O–H groups in total. The van der Waals surface area contributed by atoms with E-state index in [4.69, 9.17) is 20.0 Å². The van der Waals surface area contributed by atoms with Gasteiger partial charge in [0.05, 0.1) is 0 Å². The van der Waals surface area contributed by atoms with Crippen molar-refractivity contribution >= 4 is 21.8 Å². The van der Waals surface area contributed by atoms with Crippen LogP contribution in [0.3, 0.4) is 0 Å². The maximum atomic E-state index is 6.00. The van der Waals surface area contributed by atoms with Crippen LogP contribution in [-0.2, 0) is 11.4 Å². The fraction of sp³-hybridized carbons (Fsp3) is 0.143. The number of pyridine rings is 1. The van der Waals surface area contributed by atoms with Crippen molar-refractivity contribution in [3.8, 4) is 11.5 Å². The van der Waals surface area contributed by atoms with Crippen LogP contribution >= 0.6 is 15.9 Å². The number of benzene rings is 2. The summed E-state index contributed by atoms with van der Waals surface area (Å²) >= 11 is 3.40. The SMILES string of the molecule is N/C(=N/OCCOc1cccc(Br)c1)c1cccc(OCc2cccnc2)c1. The minimum absolute atomic E-state index is 0.272. The third-order valence-corrected chi connectivity index (χ3v) is 4.15. The van der Waals surface area contributed by atoms with Crippen LogP contribution in [0, 0.1) is 0 Å². The third-order valence-electron chi connectivity index (χ3n) is 3.66. The van der Waals surface area contributed by atoms with Crippen LogP contribution in [0.1, 0.15) is 11.1 Å². The highest BCUT2D eigenvalue weighted by atomic mass is 79.9. The van der Waals surface area contributed by atoms with Gasteiger partial charge in [-0.2, -0.15) is 0 Å². The number of oxime groups is 1. The number of hydrogen-bond acceptors (Lipinski definition) is 5. The summed E-state index contributed by atoms with van der Waals surface area (Å²) in [7, 11) is 0. The highest BCUT2D eigenvalue weighted by Crippen LogP contribution is 2.17. The molecule has 0 atom stereocenters. The van der Waals surface area contributed by atoms with Gasteiger partial charge in [0.1, 0.15) is 24.7 Å². The molecule has 0 saturated carbocycles. The van der Waals surface area contributed by atoms with Crippen LogP contribution in [0.25, 0.3) is 0 Å². The van der Waals surface area contributed by atoms with Crippen molar-refractivity contribution < 1.29 is 14.3 Å². The van der Waals surface area contributed by atoms with Gasteiger partial charge in [-0.25, -0.2) is 0 Å². The smallest absolute Gasteiger partial charge is 0.170 e. The topological polar surface area (TPSA) is 79.0 Å². The summed E-state index contributed by atoms with van der Waals surface area (Å²) in [6.07, 6.45) is 3.49. The van der Waals surface area contributed by atoms with Crippen molar-refractivity contribution in [1.82, 2.24) is 4.98 Å². The number of ether oxygens (including phenoxy) is 2. The van der Waals surface area contributed by atoms with Crippen LogP contribution in [-0.4, -0.2) is 24.0 Å². The summed E-state index contributed by atoms with van der Waals surface area (Å²) in [5.74, 6) is 1.72. The zero-order valence-corrected chi connectivity index (χ0v) is 16.7. The van der Waals surface area contributed by atoms with E-state index in [2.05, 4.69) is 26.1 Å². The van der Waals surface area contributed by atoms with Crippen LogP contribution in [0.15, 0.2) is 82.7 Å². The molecule has 28 heavy (non-hydrogen) atoms. The highest BCUT2D eigenvalue weighted by Gasteiger charge is 2.03. The molecule has 1 heterocycles. The lowest BCUT2D eigenvalue weighted by atomic mass is 10.2. The summed E-state index contributed by atoms with van der Waals surface area (Å²) in [6.45, 7) is 1.07. The standard InChI is InChI=1S/C21H20BrN3O3/c22-18-6-2-8-20(13-18)26-10-11-28-25-21(23)17-5-1-7-19(12-17)27-15-16-4-3-9-24-14-16/h1-9,12-14H,10-11,15H2,(H2,23,25). The quantitative estimate of drug-likeness (QED) is 0.233. The Labute approximate surface area is 172 Å². The number of rotatable bonds is 9. The van der Waals surface area contributed by atoms with E-state index >= 15 is 0 Å². The molecule has 7 heteroatoms. The molecule has 0 amide bonds. The van der Waals surface area contributed by atoms with E-state index in [1.807, 2.05) is 60.7 Å². The van der Waals surface area contributed by atoms with E-state index < -0.39 is 0 Å². The molecule has 0 aliphatic heterocycles. The van der Waals surface area contributed by atoms with Crippen LogP contribution in [0.5, 0.6) is 11.5 Å². The van der Waals surface area contributed by atoms with Crippen LogP contribution in [0.4, 0.5) is 0 Å². The normalized spacial score (nSPS) is 11.1. The Balaban J connectivity index is 1.47. The number of aromatic nitrogens is 1. The van der Waals surface area contributed by atoms with Crippen molar-refractivity contribution in [3.05, 3.63) is 88.7 Å². The molecule has 3 aromatic rings. The van der Waals surface area contributed by atoms with Gasteiger partial charge in [-0.1, -0.05) is 45.4 Å². The lowest BCUT2D eigenvalue weighted by Crippen LogP contribution is -2.15. The van der Waals surface area contributed by atoms with Gasteiger partial charge in [-0.15, -0.1) is 0 Å². The van der Waals surface area contributed by atoms with Crippen molar-refractivity contribution in [3.63, 3.8) is 0 Å². The molecule has 0 unspecified atom stereocenters. The summed E-state index contributed by atoms with van der Waals surface area (Å²) in [5, 5.41) is 3.94. The average molecular weight is 442 g/mol. The second-order valence-electron chi connectivity index (χ2n) is 5.79. The summed E-state index contributed by atoms with van der Waals surface area (Å²) in [6, 6.07) is 18.8. The number of halogens is 1. The second kappa shape index (κ2) is 10.3. The number of nitrogens with zero attached hydrogens (tertiary/aromatic N) is 2. The van der Waals surface area contributed by atoms with Crippen LogP contribution < -0.4 is 15.2 Å². The molecule has 0 bridgehead atoms. The van der Waals surface area contributed by atoms with Crippen molar-refractivity contribution in [1.29, 1.82) is 0 Å². The Morgan fingerprint density at radius 1 is 0.964 bits per heavy atom. The molecular formula is C21H20BrN3O3. The minimum atomic E-state index is 0.272. The highest BCUT2D eigenvalue weighted by molar-refractivity contribution is 9.10. The first-order chi connectivity index (χ1) is 13.7. The van der Waals surface area contributed by atoms with Gasteiger partial charge in [-0.05, 0) is 36.4 Å². The molecule has 0 aliphatic rings. The molecule has 0 spiro atoms. The Morgan fingerprint density at radius 2 is 1.79 bits per heavy atom. The number of nitrogens with two attached hydrogens (primary N) is 1. The fourth-order valence-electron chi connectivity index (χ4n) is 2.32. The number of amidine groups is 1. The molecule has 0 aliphatic carbocycles. The Bertz CT molecular complexity index is 920. The molecule has 0 saturated heterocycles. The van der Waals surface area contributed by atoms with Crippen molar-refractivity contribution in [2.24, 2.45) is 10.9 Å². The van der Waals surface area contributed by atoms with E-state index in [1.165, 1.54) is 0 Å².